The molecule has 1 aliphatic carbocycles. The summed E-state index contributed by atoms with van der Waals surface area (Å²) in [5.41, 5.74) is 3.04. The molecule has 0 N–H and O–H groups in total. The molecule has 21 heavy (non-hydrogen) atoms. The van der Waals surface area contributed by atoms with Crippen molar-refractivity contribution in [1.29, 1.82) is 0 Å². The van der Waals surface area contributed by atoms with E-state index in [9.17, 15) is 0 Å². The number of rotatable bonds is 0. The van der Waals surface area contributed by atoms with Gasteiger partial charge in [-0.05, 0) is 50.9 Å². The number of hydrogen-bond acceptors (Lipinski definition) is 0. The van der Waals surface area contributed by atoms with Gasteiger partial charge in [-0.3, -0.25) is 0 Å². The van der Waals surface area contributed by atoms with E-state index >= 15 is 0 Å². The number of fused-ring (bicyclic) bond motifs is 5. The third-order valence-electron chi connectivity index (χ3n) is 5.26. The van der Waals surface area contributed by atoms with Crippen LogP contribution in [-0.2, 0) is 6.42 Å². The molecule has 3 atom stereocenters. The number of halogens is 1. The Hall–Kier alpha value is -1.34. The molecule has 0 aliphatic heterocycles. The minimum Gasteiger partial charge on any atom is -0.0836 e. The molecule has 106 valence electrons. The van der Waals surface area contributed by atoms with Crippen LogP contribution < -0.4 is 0 Å². The fraction of sp³-hybridized carbons (Fsp3) is 0.300. The summed E-state index contributed by atoms with van der Waals surface area (Å²) in [6.07, 6.45) is 1.19. The van der Waals surface area contributed by atoms with Gasteiger partial charge in [0, 0.05) is 4.83 Å². The van der Waals surface area contributed by atoms with Crippen molar-refractivity contribution in [3.8, 4) is 0 Å². The summed E-state index contributed by atoms with van der Waals surface area (Å²) < 4.78 is 0. The highest BCUT2D eigenvalue weighted by Gasteiger charge is 2.30. The van der Waals surface area contributed by atoms with E-state index in [2.05, 4.69) is 78.3 Å². The van der Waals surface area contributed by atoms with Gasteiger partial charge in [-0.1, -0.05) is 78.3 Å². The molecule has 0 fully saturated rings. The highest BCUT2D eigenvalue weighted by atomic mass is 79.9. The van der Waals surface area contributed by atoms with Crippen LogP contribution in [0.2, 0.25) is 0 Å². The lowest BCUT2D eigenvalue weighted by Crippen LogP contribution is -2.22. The third-order valence-corrected chi connectivity index (χ3v) is 6.58. The van der Waals surface area contributed by atoms with Crippen LogP contribution in [0.4, 0.5) is 0 Å². The smallest absolute Gasteiger partial charge is 0.0426 e. The highest BCUT2D eigenvalue weighted by molar-refractivity contribution is 9.09. The Labute approximate surface area is 134 Å². The van der Waals surface area contributed by atoms with Crippen LogP contribution in [0.3, 0.4) is 0 Å². The molecular formula is C20H19Br. The summed E-state index contributed by atoms with van der Waals surface area (Å²) >= 11 is 3.93. The first-order chi connectivity index (χ1) is 10.2. The molecule has 0 amide bonds. The molecule has 3 unspecified atom stereocenters. The van der Waals surface area contributed by atoms with Gasteiger partial charge < -0.3 is 0 Å². The Morgan fingerprint density at radius 1 is 0.857 bits per heavy atom. The Kier molecular flexibility index (Phi) is 3.08. The Balaban J connectivity index is 2.06. The Bertz CT molecular complexity index is 834. The summed E-state index contributed by atoms with van der Waals surface area (Å²) in [5.74, 6) is 1.41. The van der Waals surface area contributed by atoms with Crippen molar-refractivity contribution < 1.29 is 0 Å². The molecule has 1 aliphatic rings. The second-order valence-corrected chi connectivity index (χ2v) is 7.44. The fourth-order valence-electron chi connectivity index (χ4n) is 3.73. The zero-order chi connectivity index (χ0) is 14.6. The van der Waals surface area contributed by atoms with Gasteiger partial charge in [-0.25, -0.2) is 0 Å². The molecule has 0 radical (unpaired) electrons. The molecule has 0 bridgehead atoms. The number of hydrogen-bond donors (Lipinski definition) is 0. The Morgan fingerprint density at radius 2 is 1.62 bits per heavy atom. The second kappa shape index (κ2) is 4.84. The first kappa shape index (κ1) is 13.3. The maximum absolute atomic E-state index is 3.93. The van der Waals surface area contributed by atoms with Crippen LogP contribution in [0.5, 0.6) is 0 Å². The van der Waals surface area contributed by atoms with Gasteiger partial charge in [0.1, 0.15) is 0 Å². The molecule has 0 aromatic heterocycles. The normalized spacial score (nSPS) is 25.2. The fourth-order valence-corrected chi connectivity index (χ4v) is 4.68. The lowest BCUT2D eigenvalue weighted by atomic mass is 9.76. The summed E-state index contributed by atoms with van der Waals surface area (Å²) in [7, 11) is 0. The average molecular weight is 339 g/mol. The van der Waals surface area contributed by atoms with Crippen molar-refractivity contribution in [2.24, 2.45) is 11.8 Å². The van der Waals surface area contributed by atoms with E-state index in [0.29, 0.717) is 10.7 Å². The molecule has 0 heterocycles. The van der Waals surface area contributed by atoms with E-state index in [0.717, 1.165) is 5.92 Å². The van der Waals surface area contributed by atoms with E-state index in [4.69, 9.17) is 0 Å². The van der Waals surface area contributed by atoms with Crippen molar-refractivity contribution in [2.45, 2.75) is 25.1 Å². The molecule has 0 saturated heterocycles. The van der Waals surface area contributed by atoms with Gasteiger partial charge in [-0.2, -0.15) is 0 Å². The molecule has 1 heteroatoms. The van der Waals surface area contributed by atoms with E-state index < -0.39 is 0 Å². The van der Waals surface area contributed by atoms with Crippen LogP contribution in [-0.4, -0.2) is 0 Å². The second-order valence-electron chi connectivity index (χ2n) is 6.46. The first-order valence-electron chi connectivity index (χ1n) is 7.74. The zero-order valence-electron chi connectivity index (χ0n) is 12.4. The summed E-state index contributed by atoms with van der Waals surface area (Å²) in [6, 6.07) is 17.9. The minimum atomic E-state index is 0.479. The summed E-state index contributed by atoms with van der Waals surface area (Å²) in [4.78, 5) is 0.479. The van der Waals surface area contributed by atoms with Gasteiger partial charge in [0.15, 0.2) is 0 Å². The predicted molar refractivity (Wildman–Crippen MR) is 95.2 cm³/mol. The number of benzene rings is 3. The zero-order valence-corrected chi connectivity index (χ0v) is 14.0. The number of alkyl halides is 1. The molecule has 0 spiro atoms. The summed E-state index contributed by atoms with van der Waals surface area (Å²) in [6.45, 7) is 4.74. The van der Waals surface area contributed by atoms with E-state index in [1.165, 1.54) is 33.5 Å². The molecular weight excluding hydrogens is 320 g/mol. The van der Waals surface area contributed by atoms with E-state index in [1.807, 2.05) is 0 Å². The Morgan fingerprint density at radius 3 is 2.48 bits per heavy atom. The highest BCUT2D eigenvalue weighted by Crippen LogP contribution is 2.45. The van der Waals surface area contributed by atoms with Crippen LogP contribution in [0.15, 0.2) is 48.5 Å². The molecule has 4 rings (SSSR count). The largest absolute Gasteiger partial charge is 0.0836 e. The molecule has 0 saturated carbocycles. The van der Waals surface area contributed by atoms with Crippen molar-refractivity contribution in [2.75, 3.05) is 0 Å². The van der Waals surface area contributed by atoms with E-state index in [1.54, 1.807) is 5.56 Å². The molecule has 3 aromatic rings. The SMILES string of the molecule is CC1Cc2c(ccc3c2ccc2ccccc23)C(Br)C1C. The lowest BCUT2D eigenvalue weighted by molar-refractivity contribution is 0.360. The van der Waals surface area contributed by atoms with Crippen LogP contribution in [0.25, 0.3) is 21.5 Å². The topological polar surface area (TPSA) is 0 Å². The molecule has 3 aromatic carbocycles. The predicted octanol–water partition coefficient (Wildman–Crippen LogP) is 6.26. The van der Waals surface area contributed by atoms with Gasteiger partial charge >= 0.3 is 0 Å². The quantitative estimate of drug-likeness (QED) is 0.335. The molecule has 0 nitrogen and oxygen atoms in total. The van der Waals surface area contributed by atoms with Crippen LogP contribution in [0.1, 0.15) is 29.8 Å². The monoisotopic (exact) mass is 338 g/mol. The minimum absolute atomic E-state index is 0.479. The van der Waals surface area contributed by atoms with Gasteiger partial charge in [0.2, 0.25) is 0 Å². The maximum Gasteiger partial charge on any atom is 0.0426 e. The van der Waals surface area contributed by atoms with Crippen LogP contribution in [0, 0.1) is 11.8 Å². The van der Waals surface area contributed by atoms with Crippen molar-refractivity contribution in [1.82, 2.24) is 0 Å². The van der Waals surface area contributed by atoms with Crippen LogP contribution >= 0.6 is 15.9 Å². The third kappa shape index (κ3) is 1.94. The first-order valence-corrected chi connectivity index (χ1v) is 8.65. The van der Waals surface area contributed by atoms with Crippen molar-refractivity contribution in [3.63, 3.8) is 0 Å². The van der Waals surface area contributed by atoms with Gasteiger partial charge in [-0.15, -0.1) is 0 Å². The van der Waals surface area contributed by atoms with Gasteiger partial charge in [0.05, 0.1) is 0 Å². The lowest BCUT2D eigenvalue weighted by Gasteiger charge is -2.33. The maximum atomic E-state index is 3.93. The van der Waals surface area contributed by atoms with Crippen molar-refractivity contribution >= 4 is 37.5 Å². The average Bonchev–Trinajstić information content (AvgIpc) is 2.52. The summed E-state index contributed by atoms with van der Waals surface area (Å²) in [5, 5.41) is 5.54. The standard InChI is InChI=1S/C20H19Br/c1-12-11-19-17-8-7-14-5-3-4-6-15(14)16(17)9-10-18(19)20(21)13(12)2/h3-10,12-13,20H,11H2,1-2H3. The van der Waals surface area contributed by atoms with Crippen molar-refractivity contribution in [3.05, 3.63) is 59.7 Å². The van der Waals surface area contributed by atoms with Gasteiger partial charge in [0.25, 0.3) is 0 Å². The van der Waals surface area contributed by atoms with E-state index in [-0.39, 0.29) is 0 Å².